The topological polar surface area (TPSA) is 75.7 Å². The van der Waals surface area contributed by atoms with Crippen LogP contribution in [0, 0.1) is 0 Å². The van der Waals surface area contributed by atoms with Crippen molar-refractivity contribution in [3.63, 3.8) is 0 Å². The number of nitrogens with two attached hydrogens (primary N) is 1. The average molecular weight is 411 g/mol. The minimum absolute atomic E-state index is 0.0480. The Balaban J connectivity index is 2.69. The lowest BCUT2D eigenvalue weighted by Crippen LogP contribution is -2.37. The first-order valence-corrected chi connectivity index (χ1v) is 14.0. The Hall–Kier alpha value is -0.993. The van der Waals surface area contributed by atoms with Crippen molar-refractivity contribution in [1.82, 2.24) is 0 Å². The van der Waals surface area contributed by atoms with Crippen molar-refractivity contribution in [3.05, 3.63) is 41.3 Å². The van der Waals surface area contributed by atoms with E-state index < -0.39 is 23.8 Å². The van der Waals surface area contributed by atoms with Crippen LogP contribution in [0.4, 0.5) is 0 Å². The van der Waals surface area contributed by atoms with Gasteiger partial charge in [-0.2, -0.15) is 0 Å². The maximum absolute atomic E-state index is 13.3. The SMILES string of the molecule is CC(C)(O)c1sc(S(N)(=O)=N[Si](C)(C)C(C)(C)C)cc1-c1ccccc1. The maximum Gasteiger partial charge on any atom is 0.195 e. The Morgan fingerprint density at radius 3 is 2.12 bits per heavy atom. The fraction of sp³-hybridized carbons (Fsp3) is 0.474. The molecule has 144 valence electrons. The molecule has 0 saturated carbocycles. The van der Waals surface area contributed by atoms with Crippen molar-refractivity contribution in [2.24, 2.45) is 9.17 Å². The fourth-order valence-corrected chi connectivity index (χ4v) is 8.75. The number of hydrogen-bond acceptors (Lipinski definition) is 4. The molecule has 1 atom stereocenters. The highest BCUT2D eigenvalue weighted by atomic mass is 32.2. The lowest BCUT2D eigenvalue weighted by Gasteiger charge is -2.32. The van der Waals surface area contributed by atoms with E-state index in [2.05, 4.69) is 37.9 Å². The summed E-state index contributed by atoms with van der Waals surface area (Å²) < 4.78 is 18.6. The van der Waals surface area contributed by atoms with E-state index >= 15 is 0 Å². The lowest BCUT2D eigenvalue weighted by molar-refractivity contribution is 0.0831. The average Bonchev–Trinajstić information content (AvgIpc) is 2.92. The monoisotopic (exact) mass is 410 g/mol. The summed E-state index contributed by atoms with van der Waals surface area (Å²) in [6.45, 7) is 14.0. The molecule has 4 nitrogen and oxygen atoms in total. The predicted molar refractivity (Wildman–Crippen MR) is 115 cm³/mol. The molecular weight excluding hydrogens is 380 g/mol. The van der Waals surface area contributed by atoms with Crippen LogP contribution in [-0.2, 0) is 15.5 Å². The third kappa shape index (κ3) is 4.46. The molecule has 0 aliphatic rings. The number of thiophene rings is 1. The van der Waals surface area contributed by atoms with Crippen LogP contribution < -0.4 is 5.14 Å². The largest absolute Gasteiger partial charge is 0.385 e. The number of benzene rings is 1. The van der Waals surface area contributed by atoms with Gasteiger partial charge in [-0.3, -0.25) is 4.03 Å². The maximum atomic E-state index is 13.3. The predicted octanol–water partition coefficient (Wildman–Crippen LogP) is 5.35. The van der Waals surface area contributed by atoms with Crippen LogP contribution in [0.15, 0.2) is 44.6 Å². The highest BCUT2D eigenvalue weighted by molar-refractivity contribution is 7.94. The second-order valence-corrected chi connectivity index (χ2v) is 16.9. The zero-order valence-corrected chi connectivity index (χ0v) is 19.3. The van der Waals surface area contributed by atoms with E-state index in [0.717, 1.165) is 16.0 Å². The van der Waals surface area contributed by atoms with Crippen molar-refractivity contribution in [2.75, 3.05) is 0 Å². The fourth-order valence-electron chi connectivity index (χ4n) is 2.32. The Labute approximate surface area is 162 Å². The van der Waals surface area contributed by atoms with E-state index in [9.17, 15) is 9.32 Å². The van der Waals surface area contributed by atoms with Crippen LogP contribution in [0.2, 0.25) is 18.1 Å². The van der Waals surface area contributed by atoms with Gasteiger partial charge in [0.1, 0.15) is 14.1 Å². The summed E-state index contributed by atoms with van der Waals surface area (Å²) in [7, 11) is -5.21. The first-order chi connectivity index (χ1) is 11.7. The molecule has 0 saturated heterocycles. The smallest absolute Gasteiger partial charge is 0.195 e. The summed E-state index contributed by atoms with van der Waals surface area (Å²) >= 11 is 1.30. The zero-order valence-electron chi connectivity index (χ0n) is 16.7. The van der Waals surface area contributed by atoms with Gasteiger partial charge in [0.2, 0.25) is 0 Å². The van der Waals surface area contributed by atoms with Gasteiger partial charge in [0.05, 0.1) is 5.60 Å². The third-order valence-electron chi connectivity index (χ3n) is 4.84. The summed E-state index contributed by atoms with van der Waals surface area (Å²) in [5, 5.41) is 16.8. The van der Waals surface area contributed by atoms with Crippen LogP contribution in [-0.4, -0.2) is 17.6 Å². The lowest BCUT2D eigenvalue weighted by atomic mass is 9.99. The molecule has 0 amide bonds. The second kappa shape index (κ2) is 6.87. The minimum Gasteiger partial charge on any atom is -0.385 e. The van der Waals surface area contributed by atoms with Crippen molar-refractivity contribution >= 4 is 29.5 Å². The summed E-state index contributed by atoms with van der Waals surface area (Å²) in [6.07, 6.45) is 0. The normalized spacial score (nSPS) is 15.6. The molecule has 0 bridgehead atoms. The highest BCUT2D eigenvalue weighted by Crippen LogP contribution is 2.42. The zero-order chi connectivity index (χ0) is 20.0. The molecule has 0 aliphatic heterocycles. The van der Waals surface area contributed by atoms with E-state index in [1.807, 2.05) is 36.4 Å². The molecule has 1 heterocycles. The van der Waals surface area contributed by atoms with Gasteiger partial charge < -0.3 is 5.11 Å². The molecule has 0 fully saturated rings. The Morgan fingerprint density at radius 1 is 1.12 bits per heavy atom. The van der Waals surface area contributed by atoms with Crippen molar-refractivity contribution in [1.29, 1.82) is 0 Å². The number of nitrogens with zero attached hydrogens (tertiary/aromatic N) is 1. The summed E-state index contributed by atoms with van der Waals surface area (Å²) in [6, 6.07) is 11.6. The van der Waals surface area contributed by atoms with E-state index in [1.165, 1.54) is 11.3 Å². The summed E-state index contributed by atoms with van der Waals surface area (Å²) in [5.74, 6) is 0. The van der Waals surface area contributed by atoms with Gasteiger partial charge in [-0.1, -0.05) is 51.1 Å². The van der Waals surface area contributed by atoms with Crippen molar-refractivity contribution < 1.29 is 9.32 Å². The van der Waals surface area contributed by atoms with Crippen molar-refractivity contribution in [2.45, 2.75) is 62.6 Å². The second-order valence-electron chi connectivity index (χ2n) is 8.70. The Bertz CT molecular complexity index is 898. The number of rotatable bonds is 4. The molecule has 0 radical (unpaired) electrons. The van der Waals surface area contributed by atoms with Crippen LogP contribution in [0.3, 0.4) is 0 Å². The van der Waals surface area contributed by atoms with Gasteiger partial charge in [0.25, 0.3) is 0 Å². The molecule has 3 N–H and O–H groups in total. The van der Waals surface area contributed by atoms with E-state index in [4.69, 9.17) is 5.14 Å². The molecule has 1 aromatic heterocycles. The first-order valence-electron chi connectivity index (χ1n) is 8.63. The Kier molecular flexibility index (Phi) is 5.63. The van der Waals surface area contributed by atoms with Crippen LogP contribution in [0.1, 0.15) is 39.5 Å². The first kappa shape index (κ1) is 21.3. The molecule has 1 unspecified atom stereocenters. The third-order valence-corrected chi connectivity index (χ3v) is 14.3. The van der Waals surface area contributed by atoms with Crippen LogP contribution in [0.5, 0.6) is 0 Å². The molecule has 2 aromatic rings. The van der Waals surface area contributed by atoms with Gasteiger partial charge in [-0.15, -0.1) is 11.3 Å². The number of aliphatic hydroxyl groups is 1. The van der Waals surface area contributed by atoms with E-state index in [1.54, 1.807) is 13.8 Å². The molecule has 1 aromatic carbocycles. The van der Waals surface area contributed by atoms with Gasteiger partial charge in [-0.25, -0.2) is 9.35 Å². The Morgan fingerprint density at radius 2 is 1.65 bits per heavy atom. The van der Waals surface area contributed by atoms with Crippen LogP contribution in [0.25, 0.3) is 11.1 Å². The van der Waals surface area contributed by atoms with Gasteiger partial charge >= 0.3 is 0 Å². The van der Waals surface area contributed by atoms with E-state index in [-0.39, 0.29) is 5.04 Å². The molecule has 2 rings (SSSR count). The summed E-state index contributed by atoms with van der Waals surface area (Å²) in [4.78, 5) is 0.752. The quantitative estimate of drug-likeness (QED) is 0.667. The van der Waals surface area contributed by atoms with Crippen LogP contribution >= 0.6 is 11.3 Å². The summed E-state index contributed by atoms with van der Waals surface area (Å²) in [5.41, 5.74) is 0.775. The van der Waals surface area contributed by atoms with Gasteiger partial charge in [0, 0.05) is 4.88 Å². The van der Waals surface area contributed by atoms with Gasteiger partial charge in [0.15, 0.2) is 8.24 Å². The van der Waals surface area contributed by atoms with E-state index in [0.29, 0.717) is 4.21 Å². The standard InChI is InChI=1S/C19H30N2O2S2Si/c1-18(2,3)26(6,7)21-25(20,23)16-13-15(14-11-9-8-10-12-14)17(24-16)19(4,5)22/h8-13,22H,1-7H3,(H2,20,21,23). The number of hydrogen-bond donors (Lipinski definition) is 2. The minimum atomic E-state index is -3.03. The molecule has 0 aliphatic carbocycles. The molecular formula is C19H30N2O2S2Si. The van der Waals surface area contributed by atoms with Gasteiger partial charge in [-0.05, 0) is 49.2 Å². The van der Waals surface area contributed by atoms with Crippen molar-refractivity contribution in [3.8, 4) is 11.1 Å². The molecule has 26 heavy (non-hydrogen) atoms. The highest BCUT2D eigenvalue weighted by Gasteiger charge is 2.38. The molecule has 0 spiro atoms. The molecule has 7 heteroatoms.